The molecule has 120 valence electrons. The molecular weight excluding hydrogens is 287 g/mol. The normalized spacial score (nSPS) is 24.2. The van der Waals surface area contributed by atoms with Gasteiger partial charge in [0.1, 0.15) is 5.82 Å². The Morgan fingerprint density at radius 2 is 2.41 bits per heavy atom. The van der Waals surface area contributed by atoms with Gasteiger partial charge in [-0.05, 0) is 36.1 Å². The molecule has 1 N–H and O–H groups in total. The molecule has 22 heavy (non-hydrogen) atoms. The molecule has 1 heterocycles. The Bertz CT molecular complexity index is 550. The molecule has 5 nitrogen and oxygen atoms in total. The molecule has 2 atom stereocenters. The summed E-state index contributed by atoms with van der Waals surface area (Å²) in [5.74, 6) is -0.258. The van der Waals surface area contributed by atoms with Crippen LogP contribution in [0.5, 0.6) is 0 Å². The highest BCUT2D eigenvalue weighted by molar-refractivity contribution is 5.75. The zero-order chi connectivity index (χ0) is 15.5. The average Bonchev–Trinajstić information content (AvgIpc) is 2.90. The van der Waals surface area contributed by atoms with E-state index in [0.717, 1.165) is 24.0 Å². The maximum atomic E-state index is 13.4. The molecule has 0 saturated carbocycles. The first kappa shape index (κ1) is 15.2. The summed E-state index contributed by atoms with van der Waals surface area (Å²) in [7, 11) is 1.62. The SMILES string of the molecule is COC[C@@H]1CN(C(=O)N[C@@H]2CCc3ccc(F)cc32)CCO1. The van der Waals surface area contributed by atoms with Gasteiger partial charge < -0.3 is 19.7 Å². The summed E-state index contributed by atoms with van der Waals surface area (Å²) in [6.07, 6.45) is 1.60. The van der Waals surface area contributed by atoms with Crippen LogP contribution in [0.2, 0.25) is 0 Å². The van der Waals surface area contributed by atoms with Gasteiger partial charge in [0.15, 0.2) is 0 Å². The number of halogens is 1. The molecule has 1 aliphatic heterocycles. The Morgan fingerprint density at radius 3 is 3.23 bits per heavy atom. The molecule has 2 aliphatic rings. The molecular formula is C16H21FN2O3. The van der Waals surface area contributed by atoms with Crippen LogP contribution in [0.1, 0.15) is 23.6 Å². The fourth-order valence-electron chi connectivity index (χ4n) is 3.15. The van der Waals surface area contributed by atoms with Gasteiger partial charge in [-0.2, -0.15) is 0 Å². The van der Waals surface area contributed by atoms with E-state index < -0.39 is 0 Å². The van der Waals surface area contributed by atoms with Crippen LogP contribution >= 0.6 is 0 Å². The van der Waals surface area contributed by atoms with Crippen LogP contribution in [-0.4, -0.2) is 50.4 Å². The van der Waals surface area contributed by atoms with E-state index in [1.807, 2.05) is 0 Å². The fourth-order valence-corrected chi connectivity index (χ4v) is 3.15. The van der Waals surface area contributed by atoms with Crippen molar-refractivity contribution < 1.29 is 18.7 Å². The fraction of sp³-hybridized carbons (Fsp3) is 0.562. The van der Waals surface area contributed by atoms with Crippen LogP contribution in [0.4, 0.5) is 9.18 Å². The summed E-state index contributed by atoms with van der Waals surface area (Å²) in [5, 5.41) is 3.02. The van der Waals surface area contributed by atoms with E-state index in [4.69, 9.17) is 9.47 Å². The molecule has 1 aromatic rings. The van der Waals surface area contributed by atoms with E-state index in [2.05, 4.69) is 5.32 Å². The number of aryl methyl sites for hydroxylation is 1. The number of amides is 2. The number of methoxy groups -OCH3 is 1. The Morgan fingerprint density at radius 1 is 1.55 bits per heavy atom. The zero-order valence-electron chi connectivity index (χ0n) is 12.7. The predicted octanol–water partition coefficient (Wildman–Crippen LogP) is 1.87. The van der Waals surface area contributed by atoms with Crippen molar-refractivity contribution in [3.05, 3.63) is 35.1 Å². The highest BCUT2D eigenvalue weighted by Gasteiger charge is 2.29. The van der Waals surface area contributed by atoms with Crippen LogP contribution in [0, 0.1) is 5.82 Å². The second-order valence-corrected chi connectivity index (χ2v) is 5.78. The van der Waals surface area contributed by atoms with Crippen molar-refractivity contribution in [2.45, 2.75) is 25.0 Å². The minimum Gasteiger partial charge on any atom is -0.382 e. The highest BCUT2D eigenvalue weighted by atomic mass is 19.1. The van der Waals surface area contributed by atoms with E-state index in [-0.39, 0.29) is 24.0 Å². The third-order valence-electron chi connectivity index (χ3n) is 4.26. The highest BCUT2D eigenvalue weighted by Crippen LogP contribution is 2.31. The number of fused-ring (bicyclic) bond motifs is 1. The Labute approximate surface area is 129 Å². The number of ether oxygens (including phenoxy) is 2. The van der Waals surface area contributed by atoms with Crippen molar-refractivity contribution in [3.63, 3.8) is 0 Å². The number of carbonyl (C=O) groups excluding carboxylic acids is 1. The van der Waals surface area contributed by atoms with Gasteiger partial charge >= 0.3 is 6.03 Å². The van der Waals surface area contributed by atoms with E-state index in [0.29, 0.717) is 26.3 Å². The molecule has 0 aromatic heterocycles. The van der Waals surface area contributed by atoms with Gasteiger partial charge in [-0.15, -0.1) is 0 Å². The lowest BCUT2D eigenvalue weighted by atomic mass is 10.1. The van der Waals surface area contributed by atoms with Crippen molar-refractivity contribution in [1.82, 2.24) is 10.2 Å². The number of carbonyl (C=O) groups is 1. The number of benzene rings is 1. The number of urea groups is 1. The maximum Gasteiger partial charge on any atom is 0.318 e. The van der Waals surface area contributed by atoms with Crippen molar-refractivity contribution in [3.8, 4) is 0 Å². The third kappa shape index (κ3) is 3.23. The van der Waals surface area contributed by atoms with Gasteiger partial charge in [0, 0.05) is 13.7 Å². The summed E-state index contributed by atoms with van der Waals surface area (Å²) >= 11 is 0. The second kappa shape index (κ2) is 6.62. The summed E-state index contributed by atoms with van der Waals surface area (Å²) in [6.45, 7) is 2.07. The summed E-state index contributed by atoms with van der Waals surface area (Å²) in [6, 6.07) is 4.58. The summed E-state index contributed by atoms with van der Waals surface area (Å²) in [5.41, 5.74) is 2.01. The van der Waals surface area contributed by atoms with Gasteiger partial charge in [0.2, 0.25) is 0 Å². The van der Waals surface area contributed by atoms with Gasteiger partial charge in [0.05, 0.1) is 31.9 Å². The number of hydrogen-bond donors (Lipinski definition) is 1. The molecule has 1 aromatic carbocycles. The summed E-state index contributed by atoms with van der Waals surface area (Å²) in [4.78, 5) is 14.2. The van der Waals surface area contributed by atoms with E-state index in [1.165, 1.54) is 12.1 Å². The lowest BCUT2D eigenvalue weighted by Gasteiger charge is -2.33. The zero-order valence-corrected chi connectivity index (χ0v) is 12.7. The molecule has 1 aliphatic carbocycles. The number of nitrogens with zero attached hydrogens (tertiary/aromatic N) is 1. The van der Waals surface area contributed by atoms with Crippen LogP contribution in [0.3, 0.4) is 0 Å². The first-order chi connectivity index (χ1) is 10.7. The number of rotatable bonds is 3. The lowest BCUT2D eigenvalue weighted by Crippen LogP contribution is -2.51. The topological polar surface area (TPSA) is 50.8 Å². The third-order valence-corrected chi connectivity index (χ3v) is 4.26. The van der Waals surface area contributed by atoms with Crippen LogP contribution < -0.4 is 5.32 Å². The molecule has 0 bridgehead atoms. The Balaban J connectivity index is 1.62. The van der Waals surface area contributed by atoms with E-state index in [9.17, 15) is 9.18 Å². The maximum absolute atomic E-state index is 13.4. The molecule has 0 unspecified atom stereocenters. The Kier molecular flexibility index (Phi) is 4.59. The van der Waals surface area contributed by atoms with E-state index >= 15 is 0 Å². The van der Waals surface area contributed by atoms with Gasteiger partial charge in [0.25, 0.3) is 0 Å². The predicted molar refractivity (Wildman–Crippen MR) is 79.2 cm³/mol. The van der Waals surface area contributed by atoms with Gasteiger partial charge in [-0.1, -0.05) is 6.07 Å². The molecule has 6 heteroatoms. The molecule has 0 radical (unpaired) electrons. The first-order valence-corrected chi connectivity index (χ1v) is 7.61. The van der Waals surface area contributed by atoms with Crippen molar-refractivity contribution in [1.29, 1.82) is 0 Å². The summed E-state index contributed by atoms with van der Waals surface area (Å²) < 4.78 is 24.0. The molecule has 3 rings (SSSR count). The minimum absolute atomic E-state index is 0.0854. The van der Waals surface area contributed by atoms with E-state index in [1.54, 1.807) is 18.1 Å². The number of nitrogens with one attached hydrogen (secondary N) is 1. The molecule has 2 amide bonds. The quantitative estimate of drug-likeness (QED) is 0.927. The van der Waals surface area contributed by atoms with Crippen molar-refractivity contribution >= 4 is 6.03 Å². The smallest absolute Gasteiger partial charge is 0.318 e. The standard InChI is InChI=1S/C16H21FN2O3/c1-21-10-13-9-19(6-7-22-13)16(20)18-15-5-3-11-2-4-12(17)8-14(11)15/h2,4,8,13,15H,3,5-7,9-10H2,1H3,(H,18,20)/t13-,15+/m0/s1. The molecule has 1 saturated heterocycles. The largest absolute Gasteiger partial charge is 0.382 e. The number of hydrogen-bond acceptors (Lipinski definition) is 3. The van der Waals surface area contributed by atoms with Gasteiger partial charge in [-0.3, -0.25) is 0 Å². The van der Waals surface area contributed by atoms with Gasteiger partial charge in [-0.25, -0.2) is 9.18 Å². The van der Waals surface area contributed by atoms with Crippen LogP contribution in [0.25, 0.3) is 0 Å². The van der Waals surface area contributed by atoms with Crippen LogP contribution in [-0.2, 0) is 15.9 Å². The van der Waals surface area contributed by atoms with Crippen LogP contribution in [0.15, 0.2) is 18.2 Å². The first-order valence-electron chi connectivity index (χ1n) is 7.61. The van der Waals surface area contributed by atoms with Crippen molar-refractivity contribution in [2.75, 3.05) is 33.4 Å². The number of morpholine rings is 1. The van der Waals surface area contributed by atoms with Crippen molar-refractivity contribution in [2.24, 2.45) is 0 Å². The average molecular weight is 308 g/mol. The molecule has 0 spiro atoms. The lowest BCUT2D eigenvalue weighted by molar-refractivity contribution is -0.0496. The second-order valence-electron chi connectivity index (χ2n) is 5.78. The Hall–Kier alpha value is -1.66. The minimum atomic E-state index is -0.258. The molecule has 1 fully saturated rings. The monoisotopic (exact) mass is 308 g/mol.